The van der Waals surface area contributed by atoms with Crippen molar-refractivity contribution in [2.24, 2.45) is 0 Å². The molecule has 2 heterocycles. The van der Waals surface area contributed by atoms with Crippen molar-refractivity contribution in [3.8, 4) is 0 Å². The third-order valence-corrected chi connectivity index (χ3v) is 3.06. The Bertz CT molecular complexity index is 609. The number of rotatable bonds is 3. The number of alkyl halides is 3. The molecule has 0 aromatic carbocycles. The molecule has 0 amide bonds. The summed E-state index contributed by atoms with van der Waals surface area (Å²) in [6, 6.07) is 0.780. The van der Waals surface area contributed by atoms with Crippen LogP contribution in [0.4, 0.5) is 18.3 Å². The van der Waals surface area contributed by atoms with E-state index in [1.807, 2.05) is 0 Å². The minimum atomic E-state index is -4.59. The summed E-state index contributed by atoms with van der Waals surface area (Å²) in [4.78, 5) is 19.3. The summed E-state index contributed by atoms with van der Waals surface area (Å²) < 4.78 is 38.2. The van der Waals surface area contributed by atoms with E-state index < -0.39 is 23.1 Å². The molecule has 0 saturated heterocycles. The van der Waals surface area contributed by atoms with Crippen LogP contribution in [-0.4, -0.2) is 15.8 Å². The number of carbonyl (C=O) groups excluding carboxylic acids is 1. The predicted molar refractivity (Wildman–Crippen MR) is 63.8 cm³/mol. The van der Waals surface area contributed by atoms with Crippen LogP contribution in [0.3, 0.4) is 0 Å². The number of nitrogen functional groups attached to an aromatic ring is 1. The zero-order valence-corrected chi connectivity index (χ0v) is 10.3. The monoisotopic (exact) mass is 287 g/mol. The highest BCUT2D eigenvalue weighted by atomic mass is 32.1. The minimum Gasteiger partial charge on any atom is -0.375 e. The first-order valence-corrected chi connectivity index (χ1v) is 6.00. The molecule has 19 heavy (non-hydrogen) atoms. The molecule has 2 N–H and O–H groups in total. The Hall–Kier alpha value is -1.96. The Balaban J connectivity index is 2.29. The lowest BCUT2D eigenvalue weighted by atomic mass is 10.0. The van der Waals surface area contributed by atoms with Gasteiger partial charge in [0, 0.05) is 23.3 Å². The summed E-state index contributed by atoms with van der Waals surface area (Å²) in [6.07, 6.45) is -2.90. The van der Waals surface area contributed by atoms with E-state index in [1.54, 1.807) is 0 Å². The first-order valence-electron chi connectivity index (χ1n) is 5.12. The van der Waals surface area contributed by atoms with E-state index in [9.17, 15) is 18.0 Å². The highest BCUT2D eigenvalue weighted by molar-refractivity contribution is 7.13. The van der Waals surface area contributed by atoms with Crippen molar-refractivity contribution in [1.82, 2.24) is 9.97 Å². The fourth-order valence-electron chi connectivity index (χ4n) is 1.53. The number of Topliss-reactive ketones (excluding diaryl/α,β-unsaturated/α-hetero) is 1. The van der Waals surface area contributed by atoms with Gasteiger partial charge in [-0.25, -0.2) is 4.98 Å². The first kappa shape index (κ1) is 13.5. The van der Waals surface area contributed by atoms with Crippen LogP contribution in [0, 0.1) is 0 Å². The molecule has 2 rings (SSSR count). The van der Waals surface area contributed by atoms with Gasteiger partial charge in [0.25, 0.3) is 0 Å². The molecule has 0 aliphatic rings. The molecule has 0 aliphatic carbocycles. The number of carbonyl (C=O) groups is 1. The molecular formula is C11H8F3N3OS. The number of nitrogens with two attached hydrogens (primary N) is 1. The van der Waals surface area contributed by atoms with Crippen LogP contribution in [0.1, 0.15) is 21.6 Å². The van der Waals surface area contributed by atoms with Gasteiger partial charge in [-0.3, -0.25) is 9.78 Å². The maximum atomic E-state index is 12.7. The van der Waals surface area contributed by atoms with Gasteiger partial charge >= 0.3 is 6.18 Å². The number of hydrogen-bond acceptors (Lipinski definition) is 5. The van der Waals surface area contributed by atoms with E-state index in [2.05, 4.69) is 9.97 Å². The summed E-state index contributed by atoms with van der Waals surface area (Å²) in [5.74, 6) is -0.689. The van der Waals surface area contributed by atoms with Crippen LogP contribution in [0.25, 0.3) is 0 Å². The normalized spacial score (nSPS) is 11.5. The number of ketones is 1. The topological polar surface area (TPSA) is 68.9 Å². The van der Waals surface area contributed by atoms with Crippen LogP contribution in [-0.2, 0) is 12.6 Å². The SMILES string of the molecule is Nc1nc(CC(=O)c2cnccc2C(F)(F)F)cs1. The van der Waals surface area contributed by atoms with E-state index in [1.165, 1.54) is 5.38 Å². The molecule has 0 saturated carbocycles. The van der Waals surface area contributed by atoms with Crippen molar-refractivity contribution in [3.05, 3.63) is 40.7 Å². The Kier molecular flexibility index (Phi) is 3.52. The lowest BCUT2D eigenvalue weighted by Gasteiger charge is -2.10. The average Bonchev–Trinajstić information content (AvgIpc) is 2.73. The van der Waals surface area contributed by atoms with E-state index in [0.717, 1.165) is 29.8 Å². The molecule has 0 bridgehead atoms. The third-order valence-electron chi connectivity index (χ3n) is 2.34. The number of halogens is 3. The predicted octanol–water partition coefficient (Wildman–Crippen LogP) is 2.56. The van der Waals surface area contributed by atoms with Gasteiger partial charge in [0.1, 0.15) is 0 Å². The molecule has 0 fully saturated rings. The maximum absolute atomic E-state index is 12.7. The van der Waals surface area contributed by atoms with Gasteiger partial charge in [-0.2, -0.15) is 13.2 Å². The number of nitrogens with zero attached hydrogens (tertiary/aromatic N) is 2. The van der Waals surface area contributed by atoms with Crippen molar-refractivity contribution < 1.29 is 18.0 Å². The summed E-state index contributed by atoms with van der Waals surface area (Å²) in [6.45, 7) is 0. The Labute approximate surface area is 110 Å². The van der Waals surface area contributed by atoms with E-state index in [4.69, 9.17) is 5.73 Å². The summed E-state index contributed by atoms with van der Waals surface area (Å²) in [7, 11) is 0. The number of hydrogen-bond donors (Lipinski definition) is 1. The van der Waals surface area contributed by atoms with Gasteiger partial charge < -0.3 is 5.73 Å². The standard InChI is InChI=1S/C11H8F3N3OS/c12-11(13,14)8-1-2-16-4-7(8)9(18)3-6-5-19-10(15)17-6/h1-2,4-5H,3H2,(H2,15,17). The van der Waals surface area contributed by atoms with Gasteiger partial charge in [0.2, 0.25) is 0 Å². The van der Waals surface area contributed by atoms with Crippen molar-refractivity contribution in [2.75, 3.05) is 5.73 Å². The van der Waals surface area contributed by atoms with Crippen molar-refractivity contribution in [3.63, 3.8) is 0 Å². The highest BCUT2D eigenvalue weighted by Gasteiger charge is 2.35. The zero-order chi connectivity index (χ0) is 14.0. The van der Waals surface area contributed by atoms with Gasteiger partial charge in [0.15, 0.2) is 10.9 Å². The quantitative estimate of drug-likeness (QED) is 0.881. The Morgan fingerprint density at radius 3 is 2.74 bits per heavy atom. The number of thiazole rings is 1. The second-order valence-corrected chi connectivity index (χ2v) is 4.59. The number of pyridine rings is 1. The second kappa shape index (κ2) is 4.96. The zero-order valence-electron chi connectivity index (χ0n) is 9.44. The third kappa shape index (κ3) is 3.08. The van der Waals surface area contributed by atoms with Crippen LogP contribution in [0.15, 0.2) is 23.8 Å². The molecule has 8 heteroatoms. The number of anilines is 1. The average molecular weight is 287 g/mol. The molecule has 0 unspecified atom stereocenters. The largest absolute Gasteiger partial charge is 0.417 e. The van der Waals surface area contributed by atoms with E-state index in [-0.39, 0.29) is 11.6 Å². The summed E-state index contributed by atoms with van der Waals surface area (Å²) >= 11 is 1.13. The molecule has 100 valence electrons. The fraction of sp³-hybridized carbons (Fsp3) is 0.182. The van der Waals surface area contributed by atoms with Gasteiger partial charge in [0.05, 0.1) is 17.7 Å². The Morgan fingerprint density at radius 2 is 2.16 bits per heavy atom. The molecule has 0 radical (unpaired) electrons. The molecule has 2 aromatic heterocycles. The second-order valence-electron chi connectivity index (χ2n) is 3.70. The maximum Gasteiger partial charge on any atom is 0.417 e. The van der Waals surface area contributed by atoms with Gasteiger partial charge in [-0.15, -0.1) is 11.3 Å². The molecular weight excluding hydrogens is 279 g/mol. The van der Waals surface area contributed by atoms with E-state index >= 15 is 0 Å². The molecule has 0 spiro atoms. The molecule has 0 aliphatic heterocycles. The highest BCUT2D eigenvalue weighted by Crippen LogP contribution is 2.32. The summed E-state index contributed by atoms with van der Waals surface area (Å²) in [5.41, 5.74) is 4.30. The van der Waals surface area contributed by atoms with E-state index in [0.29, 0.717) is 5.69 Å². The van der Waals surface area contributed by atoms with Crippen LogP contribution in [0.2, 0.25) is 0 Å². The van der Waals surface area contributed by atoms with Crippen molar-refractivity contribution in [1.29, 1.82) is 0 Å². The Morgan fingerprint density at radius 1 is 1.42 bits per heavy atom. The number of aromatic nitrogens is 2. The lowest BCUT2D eigenvalue weighted by Crippen LogP contribution is -2.15. The molecule has 2 aromatic rings. The van der Waals surface area contributed by atoms with Crippen LogP contribution in [0.5, 0.6) is 0 Å². The van der Waals surface area contributed by atoms with Crippen molar-refractivity contribution >= 4 is 22.3 Å². The van der Waals surface area contributed by atoms with Crippen LogP contribution >= 0.6 is 11.3 Å². The van der Waals surface area contributed by atoms with Gasteiger partial charge in [-0.05, 0) is 6.07 Å². The molecule has 0 atom stereocenters. The smallest absolute Gasteiger partial charge is 0.375 e. The lowest BCUT2D eigenvalue weighted by molar-refractivity contribution is -0.138. The molecule has 4 nitrogen and oxygen atoms in total. The summed E-state index contributed by atoms with van der Waals surface area (Å²) in [5, 5.41) is 1.81. The first-order chi connectivity index (χ1) is 8.88. The fourth-order valence-corrected chi connectivity index (χ4v) is 2.09. The minimum absolute atomic E-state index is 0.234. The van der Waals surface area contributed by atoms with Gasteiger partial charge in [-0.1, -0.05) is 0 Å². The van der Waals surface area contributed by atoms with Crippen LogP contribution < -0.4 is 5.73 Å². The van der Waals surface area contributed by atoms with Crippen molar-refractivity contribution in [2.45, 2.75) is 12.6 Å².